The van der Waals surface area contributed by atoms with Crippen molar-refractivity contribution in [2.24, 2.45) is 15.7 Å². The third-order valence-electron chi connectivity index (χ3n) is 5.21. The molecule has 3 rings (SSSR count). The lowest BCUT2D eigenvalue weighted by Crippen LogP contribution is -2.26. The number of rotatable bonds is 9. The van der Waals surface area contributed by atoms with Gasteiger partial charge in [-0.2, -0.15) is 4.02 Å². The first-order valence-corrected chi connectivity index (χ1v) is 11.4. The van der Waals surface area contributed by atoms with E-state index in [0.717, 1.165) is 53.9 Å². The molecule has 0 aliphatic heterocycles. The summed E-state index contributed by atoms with van der Waals surface area (Å²) >= 11 is 3.06. The second kappa shape index (κ2) is 10.6. The fraction of sp³-hybridized carbons (Fsp3) is 0.375. The lowest BCUT2D eigenvalue weighted by molar-refractivity contribution is 0.503. The molecule has 0 saturated heterocycles. The van der Waals surface area contributed by atoms with E-state index >= 15 is 0 Å². The van der Waals surface area contributed by atoms with Crippen molar-refractivity contribution >= 4 is 22.0 Å². The Labute approximate surface area is 192 Å². The van der Waals surface area contributed by atoms with E-state index in [0.29, 0.717) is 18.3 Å². The van der Waals surface area contributed by atoms with Gasteiger partial charge in [-0.15, -0.1) is 0 Å². The van der Waals surface area contributed by atoms with E-state index in [1.54, 1.807) is 0 Å². The van der Waals surface area contributed by atoms with Gasteiger partial charge in [0.05, 0.1) is 28.4 Å². The minimum atomic E-state index is 0.0514. The van der Waals surface area contributed by atoms with Gasteiger partial charge in [0.15, 0.2) is 0 Å². The number of hydrogen-bond donors (Lipinski definition) is 1. The minimum Gasteiger partial charge on any atom is -0.383 e. The van der Waals surface area contributed by atoms with Crippen LogP contribution in [0.2, 0.25) is 0 Å². The number of benzene rings is 1. The zero-order valence-electron chi connectivity index (χ0n) is 18.4. The molecule has 0 saturated carbocycles. The number of aromatic nitrogens is 3. The van der Waals surface area contributed by atoms with Crippen molar-refractivity contribution in [2.45, 2.75) is 53.1 Å². The number of nitrogens with two attached hydrogens (primary N) is 1. The summed E-state index contributed by atoms with van der Waals surface area (Å²) in [7, 11) is 0. The van der Waals surface area contributed by atoms with Crippen LogP contribution in [-0.2, 0) is 19.5 Å². The third-order valence-corrected chi connectivity index (χ3v) is 5.59. The molecule has 1 aromatic carbocycles. The van der Waals surface area contributed by atoms with E-state index in [1.165, 1.54) is 0 Å². The number of halogens is 1. The van der Waals surface area contributed by atoms with Crippen LogP contribution in [0.3, 0.4) is 0 Å². The molecule has 3 aromatic rings. The first-order chi connectivity index (χ1) is 14.9. The number of amidine groups is 1. The maximum Gasteiger partial charge on any atom is 0.328 e. The Morgan fingerprint density at radius 3 is 2.65 bits per heavy atom. The zero-order chi connectivity index (χ0) is 22.4. The molecule has 164 valence electrons. The van der Waals surface area contributed by atoms with Crippen molar-refractivity contribution in [2.75, 3.05) is 0 Å². The Bertz CT molecular complexity index is 1100. The molecule has 2 N–H and O–H groups in total. The number of hydrogen-bond acceptors (Lipinski definition) is 3. The van der Waals surface area contributed by atoms with Gasteiger partial charge in [-0.25, -0.2) is 4.79 Å². The Kier molecular flexibility index (Phi) is 7.85. The smallest absolute Gasteiger partial charge is 0.328 e. The highest BCUT2D eigenvalue weighted by atomic mass is 79.9. The van der Waals surface area contributed by atoms with Gasteiger partial charge in [-0.3, -0.25) is 14.1 Å². The van der Waals surface area contributed by atoms with Crippen molar-refractivity contribution in [3.8, 4) is 11.3 Å². The lowest BCUT2D eigenvalue weighted by atomic mass is 10.0. The fourth-order valence-corrected chi connectivity index (χ4v) is 3.86. The number of pyridine rings is 1. The number of unbranched alkanes of at least 4 members (excludes halogenated alkanes) is 1. The molecule has 0 radical (unpaired) electrons. The molecular weight excluding hydrogens is 454 g/mol. The van der Waals surface area contributed by atoms with Crippen LogP contribution in [-0.4, -0.2) is 20.0 Å². The van der Waals surface area contributed by atoms with E-state index in [1.807, 2.05) is 57.9 Å². The highest BCUT2D eigenvalue weighted by Crippen LogP contribution is 2.22. The van der Waals surface area contributed by atoms with Gasteiger partial charge < -0.3 is 5.73 Å². The van der Waals surface area contributed by atoms with Gasteiger partial charge >= 0.3 is 5.69 Å². The molecule has 31 heavy (non-hydrogen) atoms. The van der Waals surface area contributed by atoms with Gasteiger partial charge in [0.1, 0.15) is 5.84 Å². The standard InChI is InChI=1S/C24H30BrN5O/c1-4-5-8-19-16-29(14-17(2)3)24(31)30(19)15-18-11-12-22(27-13-18)20-9-6-7-10-21(20)23(26)28-25/h6-7,9-13,16-17H,4-5,8,14-15H2,1-3H3,(H2,26,28). The number of aryl methyl sites for hydroxylation is 1. The van der Waals surface area contributed by atoms with Crippen LogP contribution in [0.15, 0.2) is 57.6 Å². The summed E-state index contributed by atoms with van der Waals surface area (Å²) in [5, 5.41) is 0. The van der Waals surface area contributed by atoms with Crippen LogP contribution in [0.4, 0.5) is 0 Å². The predicted octanol–water partition coefficient (Wildman–Crippen LogP) is 4.77. The maximum atomic E-state index is 13.0. The van der Waals surface area contributed by atoms with Gasteiger partial charge in [0, 0.05) is 35.8 Å². The van der Waals surface area contributed by atoms with Crippen LogP contribution in [0.1, 0.15) is 50.4 Å². The van der Waals surface area contributed by atoms with Gasteiger partial charge in [-0.05, 0) is 30.4 Å². The highest BCUT2D eigenvalue weighted by molar-refractivity contribution is 9.08. The zero-order valence-corrected chi connectivity index (χ0v) is 20.0. The van der Waals surface area contributed by atoms with Gasteiger partial charge in [-0.1, -0.05) is 57.5 Å². The number of imidazole rings is 1. The van der Waals surface area contributed by atoms with Crippen molar-refractivity contribution in [3.63, 3.8) is 0 Å². The van der Waals surface area contributed by atoms with E-state index in [-0.39, 0.29) is 5.69 Å². The number of nitrogens with zero attached hydrogens (tertiary/aromatic N) is 4. The van der Waals surface area contributed by atoms with Crippen LogP contribution >= 0.6 is 16.1 Å². The first-order valence-electron chi connectivity index (χ1n) is 10.7. The second-order valence-corrected chi connectivity index (χ2v) is 8.56. The molecule has 0 atom stereocenters. The summed E-state index contributed by atoms with van der Waals surface area (Å²) in [4.78, 5) is 17.7. The molecule has 6 nitrogen and oxygen atoms in total. The summed E-state index contributed by atoms with van der Waals surface area (Å²) in [6.07, 6.45) is 6.93. The van der Waals surface area contributed by atoms with Gasteiger partial charge in [0.2, 0.25) is 0 Å². The molecule has 0 unspecified atom stereocenters. The monoisotopic (exact) mass is 483 g/mol. The molecule has 0 aliphatic rings. The molecule has 2 aromatic heterocycles. The van der Waals surface area contributed by atoms with Gasteiger partial charge in [0.25, 0.3) is 0 Å². The van der Waals surface area contributed by atoms with Crippen molar-refractivity contribution in [1.82, 2.24) is 14.1 Å². The maximum absolute atomic E-state index is 13.0. The van der Waals surface area contributed by atoms with E-state index in [9.17, 15) is 4.79 Å². The van der Waals surface area contributed by atoms with E-state index < -0.39 is 0 Å². The SMILES string of the molecule is CCCCc1cn(CC(C)C)c(=O)n1Cc1ccc(-c2ccccc2/C(N)=N/Br)nc1. The van der Waals surface area contributed by atoms with E-state index in [4.69, 9.17) is 5.73 Å². The highest BCUT2D eigenvalue weighted by Gasteiger charge is 2.14. The summed E-state index contributed by atoms with van der Waals surface area (Å²) in [6.45, 7) is 7.67. The minimum absolute atomic E-state index is 0.0514. The summed E-state index contributed by atoms with van der Waals surface area (Å²) in [5.74, 6) is 0.823. The molecule has 0 fully saturated rings. The summed E-state index contributed by atoms with van der Waals surface area (Å²) in [5.41, 5.74) is 10.7. The van der Waals surface area contributed by atoms with Crippen molar-refractivity contribution in [1.29, 1.82) is 0 Å². The molecule has 0 amide bonds. The molecule has 2 heterocycles. The van der Waals surface area contributed by atoms with E-state index in [2.05, 4.69) is 45.9 Å². The largest absolute Gasteiger partial charge is 0.383 e. The topological polar surface area (TPSA) is 78.2 Å². The third kappa shape index (κ3) is 5.53. The molecule has 0 aliphatic carbocycles. The Hall–Kier alpha value is -2.67. The Morgan fingerprint density at radius 2 is 2.00 bits per heavy atom. The molecule has 0 spiro atoms. The first kappa shape index (κ1) is 23.0. The van der Waals surface area contributed by atoms with Crippen LogP contribution in [0.5, 0.6) is 0 Å². The Balaban J connectivity index is 1.90. The summed E-state index contributed by atoms with van der Waals surface area (Å²) < 4.78 is 7.65. The molecule has 7 heteroatoms. The van der Waals surface area contributed by atoms with Crippen LogP contribution in [0, 0.1) is 5.92 Å². The molecular formula is C24H30BrN5O. The van der Waals surface area contributed by atoms with Crippen molar-refractivity contribution in [3.05, 3.63) is 76.1 Å². The van der Waals surface area contributed by atoms with Crippen molar-refractivity contribution < 1.29 is 0 Å². The predicted molar refractivity (Wildman–Crippen MR) is 131 cm³/mol. The lowest BCUT2D eigenvalue weighted by Gasteiger charge is -2.10. The molecule has 0 bridgehead atoms. The second-order valence-electron chi connectivity index (χ2n) is 8.21. The van der Waals surface area contributed by atoms with Crippen LogP contribution < -0.4 is 11.4 Å². The average molecular weight is 484 g/mol. The Morgan fingerprint density at radius 1 is 1.23 bits per heavy atom. The fourth-order valence-electron chi connectivity index (χ4n) is 3.67. The summed E-state index contributed by atoms with van der Waals surface area (Å²) in [6, 6.07) is 11.8. The average Bonchev–Trinajstić information content (AvgIpc) is 3.06. The van der Waals surface area contributed by atoms with Crippen LogP contribution in [0.25, 0.3) is 11.3 Å². The quantitative estimate of drug-likeness (QED) is 0.351. The normalized spacial score (nSPS) is 12.0.